The van der Waals surface area contributed by atoms with Crippen molar-refractivity contribution in [2.24, 2.45) is 23.5 Å². The number of carboxylic acids is 2. The van der Waals surface area contributed by atoms with E-state index in [2.05, 4.69) is 21.3 Å². The van der Waals surface area contributed by atoms with Gasteiger partial charge < -0.3 is 76.1 Å². The number of anilines is 1. The van der Waals surface area contributed by atoms with E-state index in [0.717, 1.165) is 24.1 Å². The van der Waals surface area contributed by atoms with Crippen molar-refractivity contribution in [3.8, 4) is 5.75 Å². The van der Waals surface area contributed by atoms with Crippen LogP contribution in [0.5, 0.6) is 5.75 Å². The molecular weight excluding hydrogens is 1160 g/mol. The van der Waals surface area contributed by atoms with E-state index >= 15 is 0 Å². The summed E-state index contributed by atoms with van der Waals surface area (Å²) in [5, 5.41) is 64.7. The van der Waals surface area contributed by atoms with Gasteiger partial charge in [-0.1, -0.05) is 71.4 Å². The maximum Gasteiger partial charge on any atom is 0.335 e. The molecule has 0 saturated carbocycles. The Balaban J connectivity index is 1.19. The summed E-state index contributed by atoms with van der Waals surface area (Å²) >= 11 is 1.25. The van der Waals surface area contributed by atoms with Crippen LogP contribution in [0.15, 0.2) is 66.1 Å². The van der Waals surface area contributed by atoms with Gasteiger partial charge in [0.25, 0.3) is 23.6 Å². The number of hydrogen-bond donors (Lipinski definition) is 10. The monoisotopic (exact) mass is 1250 g/mol. The Kier molecular flexibility index (Phi) is 25.2. The molecule has 2 saturated heterocycles. The summed E-state index contributed by atoms with van der Waals surface area (Å²) in [6, 6.07) is 10.2. The summed E-state index contributed by atoms with van der Waals surface area (Å²) in [4.78, 5) is 126. The second-order valence-electron chi connectivity index (χ2n) is 23.5. The third-order valence-electron chi connectivity index (χ3n) is 16.7. The predicted molar refractivity (Wildman–Crippen MR) is 321 cm³/mol. The summed E-state index contributed by atoms with van der Waals surface area (Å²) < 4.78 is 17.8. The fraction of sp³-hybridized carbons (Fsp3) is 0.574. The Labute approximate surface area is 515 Å². The van der Waals surface area contributed by atoms with Gasteiger partial charge in [-0.25, -0.2) is 9.78 Å². The Bertz CT molecular complexity index is 2970. The smallest absolute Gasteiger partial charge is 0.335 e. The van der Waals surface area contributed by atoms with Gasteiger partial charge in [-0.3, -0.25) is 43.3 Å². The number of carboxylic acid groups (broad SMARTS) is 2. The Hall–Kier alpha value is -7.24. The van der Waals surface area contributed by atoms with Crippen LogP contribution in [-0.2, 0) is 60.8 Å². The van der Waals surface area contributed by atoms with Crippen LogP contribution >= 0.6 is 11.3 Å². The first kappa shape index (κ1) is 69.9. The summed E-state index contributed by atoms with van der Waals surface area (Å²) in [5.74, 6) is -7.95. The van der Waals surface area contributed by atoms with Crippen molar-refractivity contribution in [2.75, 3.05) is 45.7 Å². The number of piperidine rings is 1. The second-order valence-corrected chi connectivity index (χ2v) is 24.4. The lowest BCUT2D eigenvalue weighted by Crippen LogP contribution is -2.63. The molecule has 0 aliphatic carbocycles. The molecule has 0 spiro atoms. The van der Waals surface area contributed by atoms with E-state index in [4.69, 9.17) is 24.9 Å². The molecule has 7 amide bonds. The summed E-state index contributed by atoms with van der Waals surface area (Å²) in [7, 11) is 3.62. The number of imide groups is 1. The van der Waals surface area contributed by atoms with Gasteiger partial charge in [0.05, 0.1) is 25.2 Å². The summed E-state index contributed by atoms with van der Waals surface area (Å²) in [6.45, 7) is 11.6. The predicted octanol–water partition coefficient (Wildman–Crippen LogP) is 2.24. The molecule has 3 aliphatic rings. The van der Waals surface area contributed by atoms with Crippen LogP contribution in [0.2, 0.25) is 0 Å². The number of nitrogens with two attached hydrogens (primary N) is 1. The maximum absolute atomic E-state index is 15.0. The lowest BCUT2D eigenvalue weighted by atomic mass is 9.92. The Morgan fingerprint density at radius 2 is 1.60 bits per heavy atom. The van der Waals surface area contributed by atoms with Crippen molar-refractivity contribution < 1.29 is 87.4 Å². The highest BCUT2D eigenvalue weighted by Gasteiger charge is 2.49. The minimum Gasteiger partial charge on any atom is -0.481 e. The first-order valence-electron chi connectivity index (χ1n) is 29.8. The third-order valence-corrected chi connectivity index (χ3v) is 17.6. The molecule has 0 radical (unpaired) electrons. The number of hydrogen-bond acceptors (Lipinski definition) is 18. The summed E-state index contributed by atoms with van der Waals surface area (Å²) in [6.07, 6.45) is -5.44. The van der Waals surface area contributed by atoms with Gasteiger partial charge in [0.15, 0.2) is 12.1 Å². The zero-order valence-corrected chi connectivity index (χ0v) is 51.9. The first-order valence-corrected chi connectivity index (χ1v) is 30.7. The van der Waals surface area contributed by atoms with E-state index in [0.29, 0.717) is 60.7 Å². The lowest BCUT2D eigenvalue weighted by molar-refractivity contribution is -0.942. The number of quaternary nitrogens is 1. The number of aliphatic carboxylic acids is 2. The SMILES string of the molecule is CCO[C@H](C[C@H](C(C)C)N(C)C(=O)[C@@H](NC(=O)[C@H]1CCCC[N+]1(C)Cc1ccc(O[C@@H]2O[C@H](C(=O)O)[C@@H](O)[C@@H](O)[C@@H]2O)c(NC(=O)CCNC(=O)[C@H](CN)N2C(=O)C=CC2=O)c1)[C@@H](C)CC)c1nc(C(=O)N[C@@H](Cc2ccccc2)C[C@H](C)C(=O)O)cs1. The van der Waals surface area contributed by atoms with Gasteiger partial charge in [0.1, 0.15) is 59.5 Å². The van der Waals surface area contributed by atoms with Gasteiger partial charge in [-0.05, 0) is 68.2 Å². The quantitative estimate of drug-likeness (QED) is 0.0326. The number of aliphatic hydroxyl groups excluding tert-OH is 3. The molecule has 2 aromatic carbocycles. The topological polar surface area (TPSA) is 376 Å². The molecule has 6 rings (SSSR count). The van der Waals surface area contributed by atoms with Crippen LogP contribution in [-0.4, -0.2) is 199 Å². The molecule has 3 aliphatic heterocycles. The van der Waals surface area contributed by atoms with Crippen molar-refractivity contribution in [1.82, 2.24) is 30.7 Å². The number of rotatable bonds is 31. The molecule has 482 valence electrons. The molecule has 11 N–H and O–H groups in total. The normalized spacial score (nSPS) is 23.4. The number of aliphatic hydroxyl groups is 3. The molecule has 1 unspecified atom stereocenters. The molecule has 88 heavy (non-hydrogen) atoms. The fourth-order valence-electron chi connectivity index (χ4n) is 11.4. The average Bonchev–Trinajstić information content (AvgIpc) is 1.33. The van der Waals surface area contributed by atoms with Crippen molar-refractivity contribution >= 4 is 70.3 Å². The Morgan fingerprint density at radius 1 is 0.909 bits per heavy atom. The molecule has 2 fully saturated rings. The number of amides is 7. The highest BCUT2D eigenvalue weighted by molar-refractivity contribution is 7.09. The van der Waals surface area contributed by atoms with Crippen LogP contribution in [0.1, 0.15) is 119 Å². The number of carbonyl (C=O) groups excluding carboxylic acids is 7. The van der Waals surface area contributed by atoms with Gasteiger partial charge in [0, 0.05) is 81.2 Å². The number of benzene rings is 2. The maximum atomic E-state index is 15.0. The summed E-state index contributed by atoms with van der Waals surface area (Å²) in [5.41, 5.74) is 7.39. The van der Waals surface area contributed by atoms with Crippen molar-refractivity contribution in [3.63, 3.8) is 0 Å². The molecule has 26 nitrogen and oxygen atoms in total. The van der Waals surface area contributed by atoms with E-state index in [1.54, 1.807) is 36.4 Å². The van der Waals surface area contributed by atoms with Crippen LogP contribution < -0.4 is 31.7 Å². The average molecular weight is 1250 g/mol. The number of carbonyl (C=O) groups is 9. The highest BCUT2D eigenvalue weighted by Crippen LogP contribution is 2.35. The number of likely N-dealkylation sites (N-methyl/N-ethyl adjacent to an activating group) is 2. The van der Waals surface area contributed by atoms with Crippen molar-refractivity contribution in [1.29, 1.82) is 0 Å². The third kappa shape index (κ3) is 17.8. The standard InChI is InChI=1S/C61H85N9O17S/c1-9-34(5)49(58(80)68(7)41(33(3)4)29-45(85-10-2)57-66-40(32-88-57)54(77)64-38(26-35(6)59(81)82)27-36-16-12-11-13-17-36)67-56(79)43-18-14-15-25-70(43,8)31-37-19-20-44(86-61-52(76)50(74)51(75)53(87-61)60(83)84)39(28-37)65-46(71)23-24-63-55(78)42(30-62)69-47(72)21-22-48(69)73/h11-13,16-17,19-22,28,32-35,38,41-43,45,49-53,61,74-76H,9-10,14-15,18,23-27,29-31,62H2,1-8H3,(H5-,63,64,65,67,71,77,78,79,81,82,83,84)/p+1/t34-,35-,38+,41+,42-,43+,45+,49-,50+,51-,52-,53-,61+,70?/m0/s1. The van der Waals surface area contributed by atoms with Gasteiger partial charge in [0.2, 0.25) is 24.0 Å². The van der Waals surface area contributed by atoms with Crippen LogP contribution in [0.4, 0.5) is 5.69 Å². The molecule has 14 atom stereocenters. The molecule has 27 heteroatoms. The lowest BCUT2D eigenvalue weighted by Gasteiger charge is -2.44. The van der Waals surface area contributed by atoms with E-state index in [-0.39, 0.29) is 71.2 Å². The van der Waals surface area contributed by atoms with Crippen LogP contribution in [0.3, 0.4) is 0 Å². The van der Waals surface area contributed by atoms with Gasteiger partial charge >= 0.3 is 11.9 Å². The van der Waals surface area contributed by atoms with E-state index in [1.807, 2.05) is 72.0 Å². The molecule has 3 aromatic rings. The minimum atomic E-state index is -2.01. The minimum absolute atomic E-state index is 0.0224. The Morgan fingerprint density at radius 3 is 2.23 bits per heavy atom. The fourth-order valence-corrected chi connectivity index (χ4v) is 12.3. The van der Waals surface area contributed by atoms with Crippen LogP contribution in [0, 0.1) is 17.8 Å². The van der Waals surface area contributed by atoms with Crippen LogP contribution in [0.25, 0.3) is 0 Å². The van der Waals surface area contributed by atoms with E-state index < -0.39 is 121 Å². The highest BCUT2D eigenvalue weighted by atomic mass is 32.1. The van der Waals surface area contributed by atoms with E-state index in [1.165, 1.54) is 17.4 Å². The molecule has 1 aromatic heterocycles. The van der Waals surface area contributed by atoms with Crippen molar-refractivity contribution in [2.45, 2.75) is 166 Å². The zero-order chi connectivity index (χ0) is 64.7. The number of nitrogens with zero attached hydrogens (tertiary/aromatic N) is 4. The molecular formula is C61H86N9O17S+. The molecule has 4 heterocycles. The first-order chi connectivity index (χ1) is 41.7. The number of thiazole rings is 1. The molecule has 0 bridgehead atoms. The second kappa shape index (κ2) is 31.8. The number of aromatic nitrogens is 1. The number of likely N-dealkylation sites (tertiary alicyclic amines) is 1. The zero-order valence-electron chi connectivity index (χ0n) is 51.0. The van der Waals surface area contributed by atoms with E-state index in [9.17, 15) is 68.7 Å². The van der Waals surface area contributed by atoms with Crippen molar-refractivity contribution in [3.05, 3.63) is 87.9 Å². The largest absolute Gasteiger partial charge is 0.481 e. The van der Waals surface area contributed by atoms with Gasteiger partial charge in [-0.2, -0.15) is 0 Å². The number of ether oxygens (including phenoxy) is 3. The number of nitrogens with one attached hydrogen (secondary N) is 4. The van der Waals surface area contributed by atoms with Gasteiger partial charge in [-0.15, -0.1) is 11.3 Å².